The number of aromatic nitrogens is 3. The number of hydrogen-bond donors (Lipinski definition) is 0. The number of nitrogens with zero attached hydrogens (tertiary/aromatic N) is 6. The first kappa shape index (κ1) is 31.8. The molecule has 0 amide bonds. The Morgan fingerprint density at radius 1 is 1.07 bits per heavy atom. The molecule has 0 spiro atoms. The number of nitro benzene ring substituents is 1. The molecule has 11 nitrogen and oxygen atoms in total. The molecule has 1 aliphatic rings. The lowest BCUT2D eigenvalue weighted by molar-refractivity contribution is -0.385. The van der Waals surface area contributed by atoms with Crippen molar-refractivity contribution in [3.05, 3.63) is 88.4 Å². The van der Waals surface area contributed by atoms with Gasteiger partial charge in [-0.1, -0.05) is 50.6 Å². The van der Waals surface area contributed by atoms with E-state index in [1.807, 2.05) is 13.0 Å². The van der Waals surface area contributed by atoms with E-state index >= 15 is 0 Å². The first-order chi connectivity index (χ1) is 20.7. The number of anilines is 1. The van der Waals surface area contributed by atoms with Crippen molar-refractivity contribution in [2.24, 2.45) is 0 Å². The molecule has 1 aliphatic heterocycles. The van der Waals surface area contributed by atoms with Gasteiger partial charge in [0.1, 0.15) is 12.1 Å². The van der Waals surface area contributed by atoms with Gasteiger partial charge in [0.15, 0.2) is 14.0 Å². The molecule has 4 aromatic rings. The Morgan fingerprint density at radius 3 is 2.48 bits per heavy atom. The number of nitro groups is 1. The lowest BCUT2D eigenvalue weighted by Crippen LogP contribution is -2.50. The maximum atomic E-state index is 13.5. The number of rotatable bonds is 9. The van der Waals surface area contributed by atoms with Gasteiger partial charge in [-0.3, -0.25) is 15.0 Å². The average molecular weight is 637 g/mol. The molecule has 1 saturated heterocycles. The molecule has 1 atom stereocenters. The Hall–Kier alpha value is -3.65. The summed E-state index contributed by atoms with van der Waals surface area (Å²) >= 11 is 0. The molecule has 1 unspecified atom stereocenters. The quantitative estimate of drug-likeness (QED) is 0.128. The summed E-state index contributed by atoms with van der Waals surface area (Å²) in [5, 5.41) is 12.3. The standard InChI is InChI=1S/C31H40N6O5SSi/c1-23-10-12-26(13-11-23)43(40,41)36-15-14-27-29(32-22-33-30(27)36)35-17-16-34(18-19-42-44(5,6)31(2,3)4)28(21-35)24-8-7-9-25(20-24)37(38)39/h7-15,20,22,28H,16-19,21H2,1-6H3. The fourth-order valence-electron chi connectivity index (χ4n) is 5.26. The molecule has 3 heterocycles. The summed E-state index contributed by atoms with van der Waals surface area (Å²) in [5.41, 5.74) is 2.14. The van der Waals surface area contributed by atoms with Crippen molar-refractivity contribution in [2.45, 2.75) is 56.8 Å². The number of benzene rings is 2. The van der Waals surface area contributed by atoms with Crippen LogP contribution in [0.4, 0.5) is 11.5 Å². The lowest BCUT2D eigenvalue weighted by atomic mass is 10.0. The second-order valence-corrected chi connectivity index (χ2v) is 19.4. The van der Waals surface area contributed by atoms with Crippen LogP contribution in [0.3, 0.4) is 0 Å². The fraction of sp³-hybridized carbons (Fsp3) is 0.419. The van der Waals surface area contributed by atoms with Crippen molar-refractivity contribution in [3.63, 3.8) is 0 Å². The second-order valence-electron chi connectivity index (χ2n) is 12.8. The van der Waals surface area contributed by atoms with Crippen LogP contribution in [0.25, 0.3) is 11.0 Å². The van der Waals surface area contributed by atoms with E-state index in [1.54, 1.807) is 42.5 Å². The molecule has 0 saturated carbocycles. The third-order valence-electron chi connectivity index (χ3n) is 8.91. The van der Waals surface area contributed by atoms with E-state index in [0.29, 0.717) is 49.6 Å². The number of non-ortho nitro benzene ring substituents is 1. The highest BCUT2D eigenvalue weighted by Gasteiger charge is 2.38. The third-order valence-corrected chi connectivity index (χ3v) is 15.1. The Kier molecular flexibility index (Phi) is 8.68. The Balaban J connectivity index is 1.46. The van der Waals surface area contributed by atoms with Crippen molar-refractivity contribution in [1.82, 2.24) is 18.8 Å². The van der Waals surface area contributed by atoms with Crippen LogP contribution in [-0.4, -0.2) is 73.3 Å². The predicted molar refractivity (Wildman–Crippen MR) is 174 cm³/mol. The minimum atomic E-state index is -3.87. The zero-order valence-electron chi connectivity index (χ0n) is 26.1. The Labute approximate surface area is 259 Å². The molecule has 0 radical (unpaired) electrons. The van der Waals surface area contributed by atoms with Gasteiger partial charge in [-0.25, -0.2) is 22.4 Å². The highest BCUT2D eigenvalue weighted by atomic mass is 32.2. The van der Waals surface area contributed by atoms with Crippen LogP contribution in [0, 0.1) is 17.0 Å². The third kappa shape index (κ3) is 6.27. The van der Waals surface area contributed by atoms with Crippen LogP contribution in [0.2, 0.25) is 18.1 Å². The van der Waals surface area contributed by atoms with E-state index in [0.717, 1.165) is 11.1 Å². The summed E-state index contributed by atoms with van der Waals surface area (Å²) in [7, 11) is -5.82. The zero-order valence-corrected chi connectivity index (χ0v) is 27.9. The number of piperazine rings is 1. The van der Waals surface area contributed by atoms with E-state index in [9.17, 15) is 18.5 Å². The smallest absolute Gasteiger partial charge is 0.269 e. The van der Waals surface area contributed by atoms with E-state index in [2.05, 4.69) is 53.6 Å². The summed E-state index contributed by atoms with van der Waals surface area (Å²) in [5.74, 6) is 0.625. The highest BCUT2D eigenvalue weighted by Crippen LogP contribution is 2.37. The molecule has 0 aliphatic carbocycles. The molecular formula is C31H40N6O5SSi. The second kappa shape index (κ2) is 12.0. The summed E-state index contributed by atoms with van der Waals surface area (Å²) in [4.78, 5) is 24.8. The van der Waals surface area contributed by atoms with Gasteiger partial charge in [-0.05, 0) is 48.8 Å². The number of aryl methyl sites for hydroxylation is 1. The largest absolute Gasteiger partial charge is 0.416 e. The predicted octanol–water partition coefficient (Wildman–Crippen LogP) is 5.77. The molecule has 2 aromatic carbocycles. The minimum absolute atomic E-state index is 0.0416. The highest BCUT2D eigenvalue weighted by molar-refractivity contribution is 7.90. The van der Waals surface area contributed by atoms with Gasteiger partial charge >= 0.3 is 0 Å². The molecule has 0 N–H and O–H groups in total. The molecule has 1 fully saturated rings. The molecule has 0 bridgehead atoms. The normalized spacial score (nSPS) is 16.9. The molecule has 13 heteroatoms. The molecular weight excluding hydrogens is 597 g/mol. The van der Waals surface area contributed by atoms with E-state index < -0.39 is 18.3 Å². The van der Waals surface area contributed by atoms with E-state index in [-0.39, 0.29) is 26.6 Å². The van der Waals surface area contributed by atoms with Crippen LogP contribution in [-0.2, 0) is 14.4 Å². The van der Waals surface area contributed by atoms with Crippen LogP contribution in [0.5, 0.6) is 0 Å². The topological polar surface area (TPSA) is 124 Å². The van der Waals surface area contributed by atoms with Gasteiger partial charge in [-0.2, -0.15) is 0 Å². The first-order valence-corrected chi connectivity index (χ1v) is 19.1. The molecule has 234 valence electrons. The zero-order chi connectivity index (χ0) is 31.9. The lowest BCUT2D eigenvalue weighted by Gasteiger charge is -2.43. The van der Waals surface area contributed by atoms with Crippen molar-refractivity contribution in [3.8, 4) is 0 Å². The first-order valence-electron chi connectivity index (χ1n) is 14.7. The van der Waals surface area contributed by atoms with Crippen molar-refractivity contribution >= 4 is 40.9 Å². The summed E-state index contributed by atoms with van der Waals surface area (Å²) < 4.78 is 34.7. The monoisotopic (exact) mass is 636 g/mol. The number of hydrogen-bond acceptors (Lipinski definition) is 9. The maximum Gasteiger partial charge on any atom is 0.269 e. The van der Waals surface area contributed by atoms with Gasteiger partial charge in [0.05, 0.1) is 21.2 Å². The summed E-state index contributed by atoms with van der Waals surface area (Å²) in [6, 6.07) is 15.1. The summed E-state index contributed by atoms with van der Waals surface area (Å²) in [6.45, 7) is 16.1. The van der Waals surface area contributed by atoms with Crippen molar-refractivity contribution < 1.29 is 17.8 Å². The van der Waals surface area contributed by atoms with Gasteiger partial charge in [0.2, 0.25) is 0 Å². The van der Waals surface area contributed by atoms with E-state index in [1.165, 1.54) is 22.6 Å². The summed E-state index contributed by atoms with van der Waals surface area (Å²) in [6.07, 6.45) is 2.91. The van der Waals surface area contributed by atoms with Gasteiger partial charge in [0, 0.05) is 51.1 Å². The van der Waals surface area contributed by atoms with Gasteiger partial charge < -0.3 is 9.33 Å². The van der Waals surface area contributed by atoms with Crippen LogP contribution in [0.15, 0.2) is 72.0 Å². The molecule has 2 aromatic heterocycles. The van der Waals surface area contributed by atoms with Gasteiger partial charge in [0.25, 0.3) is 15.7 Å². The molecule has 5 rings (SSSR count). The van der Waals surface area contributed by atoms with Gasteiger partial charge in [-0.15, -0.1) is 0 Å². The van der Waals surface area contributed by atoms with Crippen LogP contribution >= 0.6 is 0 Å². The van der Waals surface area contributed by atoms with Crippen LogP contribution < -0.4 is 4.90 Å². The fourth-order valence-corrected chi connectivity index (χ4v) is 7.60. The molecule has 44 heavy (non-hydrogen) atoms. The Bertz CT molecular complexity index is 1770. The SMILES string of the molecule is Cc1ccc(S(=O)(=O)n2ccc3c(N4CCN(CCO[Si](C)(C)C(C)(C)C)C(c5cccc([N+](=O)[O-])c5)C4)ncnc32)cc1. The van der Waals surface area contributed by atoms with Crippen LogP contribution in [0.1, 0.15) is 37.9 Å². The van der Waals surface area contributed by atoms with Crippen molar-refractivity contribution in [2.75, 3.05) is 37.7 Å². The maximum absolute atomic E-state index is 13.5. The van der Waals surface area contributed by atoms with Crippen molar-refractivity contribution in [1.29, 1.82) is 0 Å². The number of fused-ring (bicyclic) bond motifs is 1. The Morgan fingerprint density at radius 2 is 1.80 bits per heavy atom. The van der Waals surface area contributed by atoms with E-state index in [4.69, 9.17) is 4.43 Å². The average Bonchev–Trinajstić information content (AvgIpc) is 3.42. The minimum Gasteiger partial charge on any atom is -0.416 e.